The normalized spacial score (nSPS) is 19.1. The van der Waals surface area contributed by atoms with E-state index in [2.05, 4.69) is 16.6 Å². The summed E-state index contributed by atoms with van der Waals surface area (Å²) in [4.78, 5) is 11.1. The Morgan fingerprint density at radius 3 is 2.70 bits per heavy atom. The number of nitrogens with zero attached hydrogens (tertiary/aromatic N) is 1. The molecule has 3 rings (SSSR count). The molecule has 1 aromatic rings. The average Bonchev–Trinajstić information content (AvgIpc) is 2.49. The summed E-state index contributed by atoms with van der Waals surface area (Å²) < 4.78 is 14.3. The van der Waals surface area contributed by atoms with Gasteiger partial charge in [0, 0.05) is 24.0 Å². The molecule has 0 atom stereocenters. The molecule has 1 aromatic carbocycles. The molecular weight excluding hydrogens is 255 g/mol. The lowest BCUT2D eigenvalue weighted by Gasteiger charge is -2.16. The SMILES string of the molecule is O=C1CCC(c2ccc(C3=CCCCC3)c(F)c2)=NN1. The first-order valence-corrected chi connectivity index (χ1v) is 7.09. The monoisotopic (exact) mass is 272 g/mol. The summed E-state index contributed by atoms with van der Waals surface area (Å²) in [6, 6.07) is 5.26. The summed E-state index contributed by atoms with van der Waals surface area (Å²) in [6.07, 6.45) is 7.43. The second-order valence-electron chi connectivity index (χ2n) is 5.26. The van der Waals surface area contributed by atoms with Crippen LogP contribution in [0.2, 0.25) is 0 Å². The van der Waals surface area contributed by atoms with Gasteiger partial charge in [-0.1, -0.05) is 18.2 Å². The standard InChI is InChI=1S/C16H17FN2O/c17-14-10-12(15-8-9-16(20)19-18-15)6-7-13(14)11-4-2-1-3-5-11/h4,6-7,10H,1-3,5,8-9H2,(H,19,20). The molecule has 1 aliphatic carbocycles. The highest BCUT2D eigenvalue weighted by Crippen LogP contribution is 2.29. The molecule has 0 saturated heterocycles. The Morgan fingerprint density at radius 2 is 2.05 bits per heavy atom. The third-order valence-corrected chi connectivity index (χ3v) is 3.84. The van der Waals surface area contributed by atoms with Gasteiger partial charge in [0.2, 0.25) is 5.91 Å². The van der Waals surface area contributed by atoms with E-state index in [4.69, 9.17) is 0 Å². The van der Waals surface area contributed by atoms with Crippen molar-refractivity contribution in [3.8, 4) is 0 Å². The van der Waals surface area contributed by atoms with Gasteiger partial charge in [-0.25, -0.2) is 9.82 Å². The number of hydrogen-bond donors (Lipinski definition) is 1. The summed E-state index contributed by atoms with van der Waals surface area (Å²) in [5.74, 6) is -0.284. The van der Waals surface area contributed by atoms with Crippen molar-refractivity contribution in [1.29, 1.82) is 0 Å². The summed E-state index contributed by atoms with van der Waals surface area (Å²) in [6.45, 7) is 0. The third kappa shape index (κ3) is 2.64. The lowest BCUT2D eigenvalue weighted by Crippen LogP contribution is -2.25. The van der Waals surface area contributed by atoms with Gasteiger partial charge in [0.25, 0.3) is 0 Å². The molecule has 0 aromatic heterocycles. The lowest BCUT2D eigenvalue weighted by molar-refractivity contribution is -0.121. The zero-order chi connectivity index (χ0) is 13.9. The first-order chi connectivity index (χ1) is 9.74. The van der Waals surface area contributed by atoms with Crippen LogP contribution in [0.15, 0.2) is 29.4 Å². The van der Waals surface area contributed by atoms with Crippen LogP contribution < -0.4 is 5.43 Å². The van der Waals surface area contributed by atoms with E-state index in [0.717, 1.165) is 36.1 Å². The van der Waals surface area contributed by atoms with E-state index < -0.39 is 0 Å². The number of halogens is 1. The predicted molar refractivity (Wildman–Crippen MR) is 76.8 cm³/mol. The van der Waals surface area contributed by atoms with Gasteiger partial charge in [-0.3, -0.25) is 4.79 Å². The van der Waals surface area contributed by atoms with Gasteiger partial charge in [-0.15, -0.1) is 0 Å². The molecule has 0 unspecified atom stereocenters. The number of nitrogens with one attached hydrogen (secondary N) is 1. The molecule has 0 fully saturated rings. The Labute approximate surface area is 117 Å². The number of carbonyl (C=O) groups excluding carboxylic acids is 1. The van der Waals surface area contributed by atoms with Crippen LogP contribution in [0, 0.1) is 5.82 Å². The Hall–Kier alpha value is -1.97. The van der Waals surface area contributed by atoms with E-state index in [1.165, 1.54) is 12.5 Å². The van der Waals surface area contributed by atoms with Gasteiger partial charge in [0.15, 0.2) is 0 Å². The Bertz CT molecular complexity index is 604. The molecule has 2 aliphatic rings. The second-order valence-corrected chi connectivity index (χ2v) is 5.26. The van der Waals surface area contributed by atoms with Crippen LogP contribution in [0.1, 0.15) is 49.7 Å². The van der Waals surface area contributed by atoms with Crippen LogP contribution in [-0.4, -0.2) is 11.6 Å². The summed E-state index contributed by atoms with van der Waals surface area (Å²) in [5.41, 5.74) is 5.75. The first-order valence-electron chi connectivity index (χ1n) is 7.09. The van der Waals surface area contributed by atoms with E-state index in [0.29, 0.717) is 18.4 Å². The molecule has 0 bridgehead atoms. The van der Waals surface area contributed by atoms with Crippen LogP contribution in [0.3, 0.4) is 0 Å². The molecule has 1 heterocycles. The molecule has 0 spiro atoms. The highest BCUT2D eigenvalue weighted by atomic mass is 19.1. The van der Waals surface area contributed by atoms with Gasteiger partial charge in [0.05, 0.1) is 5.71 Å². The second kappa shape index (κ2) is 5.57. The average molecular weight is 272 g/mol. The van der Waals surface area contributed by atoms with Crippen molar-refractivity contribution in [3.63, 3.8) is 0 Å². The number of hydrogen-bond acceptors (Lipinski definition) is 2. The lowest BCUT2D eigenvalue weighted by atomic mass is 9.92. The first kappa shape index (κ1) is 13.0. The van der Waals surface area contributed by atoms with Gasteiger partial charge in [0.1, 0.15) is 5.82 Å². The van der Waals surface area contributed by atoms with E-state index >= 15 is 0 Å². The van der Waals surface area contributed by atoms with Gasteiger partial charge in [-0.2, -0.15) is 5.10 Å². The molecule has 20 heavy (non-hydrogen) atoms. The topological polar surface area (TPSA) is 41.5 Å². The quantitative estimate of drug-likeness (QED) is 0.880. The molecule has 1 aliphatic heterocycles. The van der Waals surface area contributed by atoms with Crippen LogP contribution in [0.5, 0.6) is 0 Å². The van der Waals surface area contributed by atoms with Gasteiger partial charge < -0.3 is 0 Å². The molecule has 3 nitrogen and oxygen atoms in total. The molecular formula is C16H17FN2O. The number of hydrazone groups is 1. The fraction of sp³-hybridized carbons (Fsp3) is 0.375. The van der Waals surface area contributed by atoms with Crippen LogP contribution >= 0.6 is 0 Å². The minimum absolute atomic E-state index is 0.0850. The largest absolute Gasteiger partial charge is 0.273 e. The van der Waals surface area contributed by atoms with Crippen molar-refractivity contribution >= 4 is 17.2 Å². The van der Waals surface area contributed by atoms with Gasteiger partial charge in [-0.05, 0) is 37.3 Å². The van der Waals surface area contributed by atoms with Crippen molar-refractivity contribution in [3.05, 3.63) is 41.2 Å². The smallest absolute Gasteiger partial charge is 0.240 e. The van der Waals surface area contributed by atoms with Crippen molar-refractivity contribution < 1.29 is 9.18 Å². The molecule has 1 amide bonds. The fourth-order valence-corrected chi connectivity index (χ4v) is 2.72. The Kier molecular flexibility index (Phi) is 3.63. The van der Waals surface area contributed by atoms with E-state index in [1.54, 1.807) is 0 Å². The number of allylic oxidation sites excluding steroid dienone is 2. The van der Waals surface area contributed by atoms with E-state index in [1.807, 2.05) is 12.1 Å². The molecule has 4 heteroatoms. The zero-order valence-electron chi connectivity index (χ0n) is 11.3. The van der Waals surface area contributed by atoms with Crippen LogP contribution in [0.25, 0.3) is 5.57 Å². The summed E-state index contributed by atoms with van der Waals surface area (Å²) in [7, 11) is 0. The Morgan fingerprint density at radius 1 is 1.15 bits per heavy atom. The maximum atomic E-state index is 14.3. The molecule has 1 N–H and O–H groups in total. The minimum atomic E-state index is -0.199. The number of carbonyl (C=O) groups is 1. The zero-order valence-corrected chi connectivity index (χ0v) is 11.3. The van der Waals surface area contributed by atoms with Crippen LogP contribution in [-0.2, 0) is 4.79 Å². The van der Waals surface area contributed by atoms with Gasteiger partial charge >= 0.3 is 0 Å². The maximum absolute atomic E-state index is 14.3. The van der Waals surface area contributed by atoms with Crippen molar-refractivity contribution in [1.82, 2.24) is 5.43 Å². The predicted octanol–water partition coefficient (Wildman–Crippen LogP) is 3.40. The highest BCUT2D eigenvalue weighted by molar-refractivity contribution is 6.04. The molecule has 0 saturated carbocycles. The molecule has 0 radical (unpaired) electrons. The number of amides is 1. The number of benzene rings is 1. The van der Waals surface area contributed by atoms with Crippen molar-refractivity contribution in [2.45, 2.75) is 38.5 Å². The number of rotatable bonds is 2. The maximum Gasteiger partial charge on any atom is 0.240 e. The Balaban J connectivity index is 1.87. The fourth-order valence-electron chi connectivity index (χ4n) is 2.72. The van der Waals surface area contributed by atoms with E-state index in [9.17, 15) is 9.18 Å². The third-order valence-electron chi connectivity index (χ3n) is 3.84. The summed E-state index contributed by atoms with van der Waals surface area (Å²) in [5, 5.41) is 4.00. The van der Waals surface area contributed by atoms with Crippen LogP contribution in [0.4, 0.5) is 4.39 Å². The summed E-state index contributed by atoms with van der Waals surface area (Å²) >= 11 is 0. The van der Waals surface area contributed by atoms with Crippen molar-refractivity contribution in [2.24, 2.45) is 5.10 Å². The van der Waals surface area contributed by atoms with E-state index in [-0.39, 0.29) is 11.7 Å². The molecule has 104 valence electrons. The van der Waals surface area contributed by atoms with Crippen molar-refractivity contribution in [2.75, 3.05) is 0 Å². The minimum Gasteiger partial charge on any atom is -0.273 e. The highest BCUT2D eigenvalue weighted by Gasteiger charge is 2.16.